The van der Waals surface area contributed by atoms with E-state index in [2.05, 4.69) is 20.9 Å². The number of anilines is 2. The first-order chi connectivity index (χ1) is 13.2. The van der Waals surface area contributed by atoms with Gasteiger partial charge >= 0.3 is 12.1 Å². The smallest absolute Gasteiger partial charge is 0.416 e. The quantitative estimate of drug-likeness (QED) is 0.566. The largest absolute Gasteiger partial charge is 0.480 e. The summed E-state index contributed by atoms with van der Waals surface area (Å²) in [6, 6.07) is 7.18. The summed E-state index contributed by atoms with van der Waals surface area (Å²) in [5.41, 5.74) is -0.803. The molecule has 0 spiro atoms. The molecule has 0 bridgehead atoms. The number of carboxylic acid groups (broad SMARTS) is 1. The highest BCUT2D eigenvalue weighted by Gasteiger charge is 2.30. The van der Waals surface area contributed by atoms with Crippen molar-refractivity contribution in [3.63, 3.8) is 0 Å². The Bertz CT molecular complexity index is 887. The summed E-state index contributed by atoms with van der Waals surface area (Å²) in [5.74, 6) is -2.68. The Hall–Kier alpha value is -3.63. The molecule has 1 heterocycles. The predicted molar refractivity (Wildman–Crippen MR) is 91.9 cm³/mol. The molecule has 11 heteroatoms. The van der Waals surface area contributed by atoms with Crippen molar-refractivity contribution < 1.29 is 32.7 Å². The van der Waals surface area contributed by atoms with Gasteiger partial charge < -0.3 is 21.1 Å². The van der Waals surface area contributed by atoms with Crippen molar-refractivity contribution in [3.05, 3.63) is 53.7 Å². The minimum atomic E-state index is -4.52. The van der Waals surface area contributed by atoms with E-state index in [9.17, 15) is 27.6 Å². The number of amides is 2. The molecule has 2 amide bonds. The molecule has 0 atom stereocenters. The van der Waals surface area contributed by atoms with Crippen LogP contribution in [0.4, 0.5) is 24.7 Å². The van der Waals surface area contributed by atoms with Gasteiger partial charge in [0.2, 0.25) is 5.91 Å². The molecule has 0 fully saturated rings. The van der Waals surface area contributed by atoms with E-state index >= 15 is 0 Å². The van der Waals surface area contributed by atoms with Crippen molar-refractivity contribution >= 4 is 29.3 Å². The van der Waals surface area contributed by atoms with E-state index in [-0.39, 0.29) is 17.1 Å². The number of nitrogens with zero attached hydrogens (tertiary/aromatic N) is 1. The molecule has 2 rings (SSSR count). The van der Waals surface area contributed by atoms with Gasteiger partial charge in [-0.15, -0.1) is 0 Å². The average Bonchev–Trinajstić information content (AvgIpc) is 2.64. The van der Waals surface area contributed by atoms with Gasteiger partial charge in [-0.05, 0) is 30.3 Å². The molecular weight excluding hydrogens is 381 g/mol. The van der Waals surface area contributed by atoms with Gasteiger partial charge in [0.1, 0.15) is 12.4 Å². The molecule has 8 nitrogen and oxygen atoms in total. The molecule has 2 aromatic rings. The number of halogens is 3. The van der Waals surface area contributed by atoms with Gasteiger partial charge in [-0.2, -0.15) is 13.2 Å². The number of carbonyl (C=O) groups excluding carboxylic acids is 2. The molecule has 0 saturated heterocycles. The Morgan fingerprint density at radius 3 is 2.46 bits per heavy atom. The van der Waals surface area contributed by atoms with Crippen molar-refractivity contribution in [1.29, 1.82) is 0 Å². The Morgan fingerprint density at radius 1 is 1.04 bits per heavy atom. The molecule has 1 aromatic heterocycles. The average molecular weight is 396 g/mol. The summed E-state index contributed by atoms with van der Waals surface area (Å²) in [7, 11) is 0. The number of alkyl halides is 3. The van der Waals surface area contributed by atoms with Gasteiger partial charge in [-0.3, -0.25) is 14.4 Å². The fourth-order valence-electron chi connectivity index (χ4n) is 2.09. The van der Waals surface area contributed by atoms with E-state index in [4.69, 9.17) is 5.11 Å². The van der Waals surface area contributed by atoms with Gasteiger partial charge in [0, 0.05) is 11.9 Å². The fraction of sp³-hybridized carbons (Fsp3) is 0.176. The second-order valence-corrected chi connectivity index (χ2v) is 5.46. The van der Waals surface area contributed by atoms with Crippen LogP contribution in [0.3, 0.4) is 0 Å². The Kier molecular flexibility index (Phi) is 6.53. The highest BCUT2D eigenvalue weighted by molar-refractivity contribution is 6.01. The second-order valence-electron chi connectivity index (χ2n) is 5.46. The number of carboxylic acids is 1. The zero-order valence-corrected chi connectivity index (χ0v) is 14.2. The van der Waals surface area contributed by atoms with E-state index in [1.54, 1.807) is 0 Å². The predicted octanol–water partition coefficient (Wildman–Crippen LogP) is 1.77. The second kappa shape index (κ2) is 8.84. The first-order valence-electron chi connectivity index (χ1n) is 7.83. The van der Waals surface area contributed by atoms with Crippen molar-refractivity contribution in [2.75, 3.05) is 18.4 Å². The topological polar surface area (TPSA) is 120 Å². The van der Waals surface area contributed by atoms with Crippen molar-refractivity contribution in [2.24, 2.45) is 0 Å². The van der Waals surface area contributed by atoms with E-state index in [0.717, 1.165) is 12.1 Å². The molecule has 0 unspecified atom stereocenters. The van der Waals surface area contributed by atoms with Crippen LogP contribution in [-0.4, -0.2) is 41.0 Å². The zero-order valence-electron chi connectivity index (χ0n) is 14.2. The van der Waals surface area contributed by atoms with Crippen LogP contribution < -0.4 is 16.0 Å². The number of hydrogen-bond acceptors (Lipinski definition) is 5. The third kappa shape index (κ3) is 5.97. The van der Waals surface area contributed by atoms with E-state index in [1.165, 1.54) is 30.5 Å². The van der Waals surface area contributed by atoms with Crippen molar-refractivity contribution in [2.45, 2.75) is 6.18 Å². The molecule has 0 aliphatic rings. The summed E-state index contributed by atoms with van der Waals surface area (Å²) in [5, 5.41) is 15.5. The molecule has 1 aromatic carbocycles. The molecule has 4 N–H and O–H groups in total. The number of aliphatic carboxylic acids is 1. The maximum atomic E-state index is 12.8. The molecule has 0 radical (unpaired) electrons. The lowest BCUT2D eigenvalue weighted by molar-refractivity contribution is -0.138. The Labute approximate surface area is 156 Å². The number of hydrogen-bond donors (Lipinski definition) is 4. The number of carbonyl (C=O) groups is 3. The fourth-order valence-corrected chi connectivity index (χ4v) is 2.09. The van der Waals surface area contributed by atoms with Crippen LogP contribution in [0.25, 0.3) is 0 Å². The lowest BCUT2D eigenvalue weighted by Gasteiger charge is -2.13. The third-order valence-corrected chi connectivity index (χ3v) is 3.35. The maximum absolute atomic E-state index is 12.8. The molecule has 0 aliphatic heterocycles. The van der Waals surface area contributed by atoms with Gasteiger partial charge in [0.25, 0.3) is 5.91 Å². The Balaban J connectivity index is 2.09. The van der Waals surface area contributed by atoms with E-state index in [0.29, 0.717) is 0 Å². The highest BCUT2D eigenvalue weighted by Crippen LogP contribution is 2.31. The summed E-state index contributed by atoms with van der Waals surface area (Å²) in [6.07, 6.45) is -3.18. The van der Waals surface area contributed by atoms with Crippen molar-refractivity contribution in [3.8, 4) is 0 Å². The van der Waals surface area contributed by atoms with Crippen LogP contribution in [0.1, 0.15) is 15.9 Å². The number of pyridine rings is 1. The van der Waals surface area contributed by atoms with Crippen LogP contribution in [0, 0.1) is 0 Å². The summed E-state index contributed by atoms with van der Waals surface area (Å²) >= 11 is 0. The summed E-state index contributed by atoms with van der Waals surface area (Å²) in [6.45, 7) is -1.08. The summed E-state index contributed by atoms with van der Waals surface area (Å²) in [4.78, 5) is 38.0. The minimum Gasteiger partial charge on any atom is -0.480 e. The maximum Gasteiger partial charge on any atom is 0.416 e. The minimum absolute atomic E-state index is 0.00838. The zero-order chi connectivity index (χ0) is 20.7. The molecule has 28 heavy (non-hydrogen) atoms. The van der Waals surface area contributed by atoms with Crippen LogP contribution in [0.2, 0.25) is 0 Å². The highest BCUT2D eigenvalue weighted by atomic mass is 19.4. The number of aromatic nitrogens is 1. The first kappa shape index (κ1) is 20.7. The lowest BCUT2D eigenvalue weighted by Crippen LogP contribution is -2.39. The first-order valence-corrected chi connectivity index (χ1v) is 7.83. The number of benzene rings is 1. The monoisotopic (exact) mass is 396 g/mol. The Morgan fingerprint density at radius 2 is 1.79 bits per heavy atom. The van der Waals surface area contributed by atoms with Crippen molar-refractivity contribution in [1.82, 2.24) is 15.6 Å². The molecule has 0 saturated carbocycles. The van der Waals surface area contributed by atoms with Crippen LogP contribution in [0.5, 0.6) is 0 Å². The summed E-state index contributed by atoms with van der Waals surface area (Å²) < 4.78 is 38.5. The van der Waals surface area contributed by atoms with Crippen LogP contribution in [-0.2, 0) is 15.8 Å². The van der Waals surface area contributed by atoms with Crippen LogP contribution >= 0.6 is 0 Å². The van der Waals surface area contributed by atoms with Gasteiger partial charge in [0.05, 0.1) is 17.7 Å². The molecular formula is C17H15F3N4O4. The van der Waals surface area contributed by atoms with E-state index < -0.39 is 42.6 Å². The number of rotatable bonds is 7. The standard InChI is InChI=1S/C17H15F3N4O4/c18-17(19,20)10-3-1-4-11(7-10)24-15-12(5-2-6-21-15)16(28)23-8-13(25)22-9-14(26)27/h1-7H,8-9H2,(H,21,24)(H,22,25)(H,23,28)(H,26,27). The van der Waals surface area contributed by atoms with Gasteiger partial charge in [-0.1, -0.05) is 6.07 Å². The van der Waals surface area contributed by atoms with Gasteiger partial charge in [-0.25, -0.2) is 4.98 Å². The normalized spacial score (nSPS) is 10.8. The van der Waals surface area contributed by atoms with Gasteiger partial charge in [0.15, 0.2) is 0 Å². The molecule has 148 valence electrons. The molecule has 0 aliphatic carbocycles. The van der Waals surface area contributed by atoms with E-state index in [1.807, 2.05) is 0 Å². The third-order valence-electron chi connectivity index (χ3n) is 3.35. The van der Waals surface area contributed by atoms with Crippen LogP contribution in [0.15, 0.2) is 42.6 Å². The SMILES string of the molecule is O=C(O)CNC(=O)CNC(=O)c1cccnc1Nc1cccc(C(F)(F)F)c1. The lowest BCUT2D eigenvalue weighted by atomic mass is 10.2. The number of nitrogens with one attached hydrogen (secondary N) is 3.